The fraction of sp³-hybridized carbons (Fsp3) is 0.458. The highest BCUT2D eigenvalue weighted by Gasteiger charge is 2.54. The second-order valence-electron chi connectivity index (χ2n) is 8.72. The minimum atomic E-state index is -0.520. The maximum absolute atomic E-state index is 14.6. The smallest absolute Gasteiger partial charge is 0.298 e. The third kappa shape index (κ3) is 4.01. The second-order valence-corrected chi connectivity index (χ2v) is 8.72. The van der Waals surface area contributed by atoms with Gasteiger partial charge in [-0.15, -0.1) is 0 Å². The van der Waals surface area contributed by atoms with E-state index in [4.69, 9.17) is 10.5 Å². The molecule has 0 radical (unpaired) electrons. The van der Waals surface area contributed by atoms with Gasteiger partial charge in [0.2, 0.25) is 0 Å². The number of ether oxygens (including phenoxy) is 1. The Bertz CT molecular complexity index is 1150. The molecule has 1 saturated carbocycles. The number of benzene rings is 1. The van der Waals surface area contributed by atoms with E-state index in [0.717, 1.165) is 19.3 Å². The van der Waals surface area contributed by atoms with Crippen molar-refractivity contribution in [3.8, 4) is 28.8 Å². The number of anilines is 1. The van der Waals surface area contributed by atoms with E-state index in [2.05, 4.69) is 22.3 Å². The molecule has 1 aromatic carbocycles. The summed E-state index contributed by atoms with van der Waals surface area (Å²) in [5.41, 5.74) is 7.42. The van der Waals surface area contributed by atoms with Crippen LogP contribution in [-0.4, -0.2) is 53.2 Å². The summed E-state index contributed by atoms with van der Waals surface area (Å²) in [6.45, 7) is 5.33. The van der Waals surface area contributed by atoms with Gasteiger partial charge < -0.3 is 20.7 Å². The number of carbonyl (C=O) groups is 2. The Balaban J connectivity index is 1.57. The number of halogens is 1. The highest BCUT2D eigenvalue weighted by molar-refractivity contribution is 6.04. The van der Waals surface area contributed by atoms with Crippen LogP contribution in [0.4, 0.5) is 10.2 Å². The standard InChI is InChI=1S/C24H28FN5O3/c1-4-6-19(31)29-13-24(14-29)11-16(12-24)30-22(26)20(23(32)27-3)21(28-30)15-7-8-18(17(25)10-15)33-9-5-2/h7-8,10,16H,5,9,11-14,26H2,1-3H3,(H,27,32). The van der Waals surface area contributed by atoms with Gasteiger partial charge in [0, 0.05) is 31.1 Å². The van der Waals surface area contributed by atoms with E-state index in [9.17, 15) is 14.0 Å². The largest absolute Gasteiger partial charge is 0.491 e. The van der Waals surface area contributed by atoms with Crippen molar-refractivity contribution in [3.63, 3.8) is 0 Å². The lowest BCUT2D eigenvalue weighted by Gasteiger charge is -2.58. The van der Waals surface area contributed by atoms with Gasteiger partial charge in [0.05, 0.1) is 12.6 Å². The molecule has 4 rings (SSSR count). The van der Waals surface area contributed by atoms with Crippen LogP contribution in [0, 0.1) is 23.1 Å². The molecule has 1 aliphatic heterocycles. The lowest BCUT2D eigenvalue weighted by molar-refractivity contribution is -0.148. The summed E-state index contributed by atoms with van der Waals surface area (Å²) in [7, 11) is 1.52. The van der Waals surface area contributed by atoms with Crippen LogP contribution >= 0.6 is 0 Å². The van der Waals surface area contributed by atoms with Crippen LogP contribution in [0.5, 0.6) is 5.75 Å². The van der Waals surface area contributed by atoms with Crippen LogP contribution < -0.4 is 15.8 Å². The van der Waals surface area contributed by atoms with Crippen LogP contribution in [-0.2, 0) is 4.79 Å². The molecule has 9 heteroatoms. The first-order chi connectivity index (χ1) is 15.8. The molecule has 0 unspecified atom stereocenters. The molecular weight excluding hydrogens is 425 g/mol. The molecule has 8 nitrogen and oxygen atoms in total. The summed E-state index contributed by atoms with van der Waals surface area (Å²) < 4.78 is 21.7. The first kappa shape index (κ1) is 22.6. The van der Waals surface area contributed by atoms with Crippen molar-refractivity contribution >= 4 is 17.6 Å². The number of likely N-dealkylation sites (tertiary alicyclic amines) is 1. The molecule has 1 aliphatic carbocycles. The molecule has 174 valence electrons. The van der Waals surface area contributed by atoms with Crippen LogP contribution in [0.25, 0.3) is 11.3 Å². The zero-order valence-electron chi connectivity index (χ0n) is 19.1. The lowest BCUT2D eigenvalue weighted by atomic mass is 9.60. The first-order valence-electron chi connectivity index (χ1n) is 11.1. The molecule has 3 N–H and O–H groups in total. The number of nitrogens with zero attached hydrogens (tertiary/aromatic N) is 3. The molecule has 2 amide bonds. The Morgan fingerprint density at radius 3 is 2.70 bits per heavy atom. The quantitative estimate of drug-likeness (QED) is 0.655. The van der Waals surface area contributed by atoms with E-state index in [0.29, 0.717) is 31.0 Å². The molecule has 0 bridgehead atoms. The molecule has 0 atom stereocenters. The summed E-state index contributed by atoms with van der Waals surface area (Å²) in [4.78, 5) is 26.3. The Hall–Kier alpha value is -3.54. The number of nitrogens with two attached hydrogens (primary N) is 1. The molecule has 1 spiro atoms. The molecule has 1 saturated heterocycles. The van der Waals surface area contributed by atoms with Crippen molar-refractivity contribution in [1.29, 1.82) is 0 Å². The van der Waals surface area contributed by atoms with Gasteiger partial charge in [0.1, 0.15) is 17.1 Å². The fourth-order valence-electron chi connectivity index (χ4n) is 4.72. The monoisotopic (exact) mass is 453 g/mol. The first-order valence-corrected chi connectivity index (χ1v) is 11.1. The number of amides is 2. The number of hydrogen-bond donors (Lipinski definition) is 2. The molecular formula is C24H28FN5O3. The zero-order chi connectivity index (χ0) is 23.8. The predicted molar refractivity (Wildman–Crippen MR) is 122 cm³/mol. The normalized spacial score (nSPS) is 16.4. The van der Waals surface area contributed by atoms with Gasteiger partial charge in [-0.25, -0.2) is 9.07 Å². The van der Waals surface area contributed by atoms with Gasteiger partial charge >= 0.3 is 0 Å². The summed E-state index contributed by atoms with van der Waals surface area (Å²) >= 11 is 0. The number of nitrogen functional groups attached to an aromatic ring is 1. The average molecular weight is 454 g/mol. The van der Waals surface area contributed by atoms with E-state index in [1.807, 2.05) is 6.92 Å². The van der Waals surface area contributed by atoms with Crippen molar-refractivity contribution in [2.24, 2.45) is 5.41 Å². The number of rotatable bonds is 6. The van der Waals surface area contributed by atoms with E-state index in [-0.39, 0.29) is 40.4 Å². The zero-order valence-corrected chi connectivity index (χ0v) is 19.1. The lowest BCUT2D eigenvalue weighted by Crippen LogP contribution is -2.63. The van der Waals surface area contributed by atoms with Crippen molar-refractivity contribution in [2.75, 3.05) is 32.5 Å². The van der Waals surface area contributed by atoms with Gasteiger partial charge in [-0.1, -0.05) is 12.8 Å². The van der Waals surface area contributed by atoms with Crippen molar-refractivity contribution < 1.29 is 18.7 Å². The van der Waals surface area contributed by atoms with Crippen molar-refractivity contribution in [3.05, 3.63) is 29.6 Å². The van der Waals surface area contributed by atoms with Gasteiger partial charge in [-0.2, -0.15) is 5.10 Å². The minimum absolute atomic E-state index is 0.00803. The summed E-state index contributed by atoms with van der Waals surface area (Å²) in [6.07, 6.45) is 2.36. The average Bonchev–Trinajstić information content (AvgIpc) is 3.07. The Labute approximate surface area is 192 Å². The van der Waals surface area contributed by atoms with Gasteiger partial charge in [-0.3, -0.25) is 9.59 Å². The summed E-state index contributed by atoms with van der Waals surface area (Å²) in [5.74, 6) is 4.56. The number of aromatic nitrogens is 2. The molecule has 2 aliphatic rings. The fourth-order valence-corrected chi connectivity index (χ4v) is 4.72. The van der Waals surface area contributed by atoms with E-state index < -0.39 is 5.82 Å². The van der Waals surface area contributed by atoms with Crippen LogP contribution in [0.3, 0.4) is 0 Å². The Morgan fingerprint density at radius 2 is 2.09 bits per heavy atom. The van der Waals surface area contributed by atoms with Gasteiger partial charge in [0.15, 0.2) is 11.6 Å². The molecule has 1 aromatic heterocycles. The van der Waals surface area contributed by atoms with Crippen LogP contribution in [0.1, 0.15) is 49.5 Å². The van der Waals surface area contributed by atoms with E-state index >= 15 is 0 Å². The highest BCUT2D eigenvalue weighted by atomic mass is 19.1. The topological polar surface area (TPSA) is 102 Å². The van der Waals surface area contributed by atoms with Gasteiger partial charge in [-0.05, 0) is 50.3 Å². The van der Waals surface area contributed by atoms with Crippen LogP contribution in [0.2, 0.25) is 0 Å². The van der Waals surface area contributed by atoms with Crippen molar-refractivity contribution in [2.45, 2.75) is 39.2 Å². The van der Waals surface area contributed by atoms with Crippen LogP contribution in [0.15, 0.2) is 18.2 Å². The molecule has 2 aromatic rings. The summed E-state index contributed by atoms with van der Waals surface area (Å²) in [5, 5.41) is 7.23. The number of carbonyl (C=O) groups excluding carboxylic acids is 2. The molecule has 33 heavy (non-hydrogen) atoms. The summed E-state index contributed by atoms with van der Waals surface area (Å²) in [6, 6.07) is 4.55. The maximum Gasteiger partial charge on any atom is 0.298 e. The molecule has 2 heterocycles. The number of hydrogen-bond acceptors (Lipinski definition) is 5. The Morgan fingerprint density at radius 1 is 1.36 bits per heavy atom. The second kappa shape index (κ2) is 8.77. The third-order valence-corrected chi connectivity index (χ3v) is 6.32. The minimum Gasteiger partial charge on any atom is -0.491 e. The molecule has 2 fully saturated rings. The van der Waals surface area contributed by atoms with E-state index in [1.165, 1.54) is 13.1 Å². The van der Waals surface area contributed by atoms with Crippen molar-refractivity contribution in [1.82, 2.24) is 20.0 Å². The SMILES string of the molecule is CC#CC(=O)N1CC2(CC(n3nc(-c4ccc(OCCC)c(F)c4)c(C(=O)NC)c3N)C2)C1. The predicted octanol–water partition coefficient (Wildman–Crippen LogP) is 2.61. The third-order valence-electron chi connectivity index (χ3n) is 6.32. The van der Waals surface area contributed by atoms with Gasteiger partial charge in [0.25, 0.3) is 11.8 Å². The maximum atomic E-state index is 14.6. The van der Waals surface area contributed by atoms with E-state index in [1.54, 1.807) is 28.6 Å². The Kier molecular flexibility index (Phi) is 6.02. The number of nitrogens with one attached hydrogen (secondary N) is 1. The highest BCUT2D eigenvalue weighted by Crippen LogP contribution is 2.54.